The maximum absolute atomic E-state index is 13.0. The number of halogens is 3. The number of nitrogens with one attached hydrogen (secondary N) is 1. The van der Waals surface area contributed by atoms with Crippen molar-refractivity contribution in [1.82, 2.24) is 5.32 Å². The fourth-order valence-corrected chi connectivity index (χ4v) is 2.43. The molecule has 0 saturated heterocycles. The minimum atomic E-state index is -4.60. The van der Waals surface area contributed by atoms with Crippen LogP contribution < -0.4 is 5.32 Å². The Bertz CT molecular complexity index is 686. The van der Waals surface area contributed by atoms with Crippen LogP contribution in [-0.2, 0) is 6.18 Å². The van der Waals surface area contributed by atoms with Crippen molar-refractivity contribution in [2.75, 3.05) is 0 Å². The van der Waals surface area contributed by atoms with Crippen LogP contribution >= 0.6 is 0 Å². The Morgan fingerprint density at radius 1 is 1.08 bits per heavy atom. The Labute approximate surface area is 138 Å². The van der Waals surface area contributed by atoms with Crippen LogP contribution in [0.2, 0.25) is 0 Å². The molecule has 1 amide bonds. The number of benzene rings is 2. The zero-order chi connectivity index (χ0) is 17.7. The standard InChI is InChI=1S/C18H18F3NO2/c1-12(11-16(23)13-7-3-2-4-8-13)22-17(24)14-9-5-6-10-15(14)18(19,20)21/h2-10,12,16,23H,11H2,1H3,(H,22,24). The maximum atomic E-state index is 13.0. The van der Waals surface area contributed by atoms with Crippen molar-refractivity contribution >= 4 is 5.91 Å². The molecule has 0 spiro atoms. The molecular formula is C18H18F3NO2. The fourth-order valence-electron chi connectivity index (χ4n) is 2.43. The van der Waals surface area contributed by atoms with E-state index in [1.54, 1.807) is 31.2 Å². The third kappa shape index (κ3) is 4.58. The van der Waals surface area contributed by atoms with E-state index in [1.165, 1.54) is 12.1 Å². The summed E-state index contributed by atoms with van der Waals surface area (Å²) >= 11 is 0. The van der Waals surface area contributed by atoms with Crippen molar-refractivity contribution in [2.45, 2.75) is 31.7 Å². The summed E-state index contributed by atoms with van der Waals surface area (Å²) in [6.45, 7) is 1.64. The van der Waals surface area contributed by atoms with Gasteiger partial charge in [0.15, 0.2) is 0 Å². The molecule has 2 aromatic rings. The summed E-state index contributed by atoms with van der Waals surface area (Å²) in [6, 6.07) is 13.0. The summed E-state index contributed by atoms with van der Waals surface area (Å²) in [4.78, 5) is 12.1. The summed E-state index contributed by atoms with van der Waals surface area (Å²) in [7, 11) is 0. The van der Waals surface area contributed by atoms with E-state index in [0.29, 0.717) is 5.56 Å². The van der Waals surface area contributed by atoms with Gasteiger partial charge < -0.3 is 10.4 Å². The Morgan fingerprint density at radius 3 is 2.29 bits per heavy atom. The first kappa shape index (κ1) is 18.0. The molecule has 0 saturated carbocycles. The lowest BCUT2D eigenvalue weighted by atomic mass is 10.0. The maximum Gasteiger partial charge on any atom is 0.417 e. The normalized spacial score (nSPS) is 14.0. The van der Waals surface area contributed by atoms with Crippen LogP contribution in [0.1, 0.15) is 40.9 Å². The van der Waals surface area contributed by atoms with Crippen molar-refractivity contribution in [1.29, 1.82) is 0 Å². The van der Waals surface area contributed by atoms with Crippen molar-refractivity contribution < 1.29 is 23.1 Å². The highest BCUT2D eigenvalue weighted by molar-refractivity contribution is 5.96. The largest absolute Gasteiger partial charge is 0.417 e. The first-order chi connectivity index (χ1) is 11.3. The van der Waals surface area contributed by atoms with Gasteiger partial charge >= 0.3 is 6.18 Å². The molecule has 0 radical (unpaired) electrons. The van der Waals surface area contributed by atoms with Gasteiger partial charge in [-0.05, 0) is 31.0 Å². The summed E-state index contributed by atoms with van der Waals surface area (Å²) in [6.07, 6.45) is -5.20. The minimum Gasteiger partial charge on any atom is -0.388 e. The van der Waals surface area contributed by atoms with E-state index in [1.807, 2.05) is 6.07 Å². The van der Waals surface area contributed by atoms with Crippen LogP contribution in [-0.4, -0.2) is 17.1 Å². The van der Waals surface area contributed by atoms with E-state index >= 15 is 0 Å². The zero-order valence-corrected chi connectivity index (χ0v) is 13.0. The van der Waals surface area contributed by atoms with Gasteiger partial charge in [-0.2, -0.15) is 13.2 Å². The Balaban J connectivity index is 2.05. The van der Waals surface area contributed by atoms with Crippen molar-refractivity contribution in [3.8, 4) is 0 Å². The Hall–Kier alpha value is -2.34. The average molecular weight is 337 g/mol. The molecule has 0 heterocycles. The molecule has 0 aliphatic carbocycles. The highest BCUT2D eigenvalue weighted by Gasteiger charge is 2.35. The lowest BCUT2D eigenvalue weighted by molar-refractivity contribution is -0.137. The first-order valence-electron chi connectivity index (χ1n) is 7.49. The molecule has 3 nitrogen and oxygen atoms in total. The van der Waals surface area contributed by atoms with Gasteiger partial charge in [0.1, 0.15) is 0 Å². The molecule has 0 aliphatic rings. The van der Waals surface area contributed by atoms with E-state index in [9.17, 15) is 23.1 Å². The average Bonchev–Trinajstić information content (AvgIpc) is 2.54. The molecule has 128 valence electrons. The molecular weight excluding hydrogens is 319 g/mol. The lowest BCUT2D eigenvalue weighted by Gasteiger charge is -2.19. The number of rotatable bonds is 5. The SMILES string of the molecule is CC(CC(O)c1ccccc1)NC(=O)c1ccccc1C(F)(F)F. The number of carbonyl (C=O) groups excluding carboxylic acids is 1. The molecule has 6 heteroatoms. The van der Waals surface area contributed by atoms with Gasteiger partial charge in [-0.15, -0.1) is 0 Å². The molecule has 0 fully saturated rings. The van der Waals surface area contributed by atoms with Crippen LogP contribution in [0.5, 0.6) is 0 Å². The van der Waals surface area contributed by atoms with Crippen LogP contribution in [0.4, 0.5) is 13.2 Å². The Kier molecular flexibility index (Phi) is 5.62. The van der Waals surface area contributed by atoms with Crippen LogP contribution in [0.15, 0.2) is 54.6 Å². The molecule has 2 atom stereocenters. The highest BCUT2D eigenvalue weighted by atomic mass is 19.4. The fraction of sp³-hybridized carbons (Fsp3) is 0.278. The molecule has 24 heavy (non-hydrogen) atoms. The number of hydrogen-bond acceptors (Lipinski definition) is 2. The summed E-state index contributed by atoms with van der Waals surface area (Å²) in [5, 5.41) is 12.6. The summed E-state index contributed by atoms with van der Waals surface area (Å²) in [5.41, 5.74) is -0.710. The third-order valence-electron chi connectivity index (χ3n) is 3.62. The molecule has 0 bridgehead atoms. The van der Waals surface area contributed by atoms with Crippen molar-refractivity contribution in [2.24, 2.45) is 0 Å². The van der Waals surface area contributed by atoms with E-state index in [0.717, 1.165) is 12.1 Å². The van der Waals surface area contributed by atoms with Gasteiger partial charge in [-0.1, -0.05) is 42.5 Å². The number of hydrogen-bond donors (Lipinski definition) is 2. The molecule has 0 aromatic heterocycles. The lowest BCUT2D eigenvalue weighted by Crippen LogP contribution is -2.35. The molecule has 2 unspecified atom stereocenters. The molecule has 2 rings (SSSR count). The third-order valence-corrected chi connectivity index (χ3v) is 3.62. The predicted molar refractivity (Wildman–Crippen MR) is 84.4 cm³/mol. The predicted octanol–water partition coefficient (Wildman–Crippen LogP) is 3.95. The van der Waals surface area contributed by atoms with Crippen molar-refractivity contribution in [3.63, 3.8) is 0 Å². The quantitative estimate of drug-likeness (QED) is 0.868. The Morgan fingerprint density at radius 2 is 1.67 bits per heavy atom. The van der Waals surface area contributed by atoms with Crippen LogP contribution in [0.25, 0.3) is 0 Å². The number of aliphatic hydroxyl groups excluding tert-OH is 1. The molecule has 2 N–H and O–H groups in total. The summed E-state index contributed by atoms with van der Waals surface area (Å²) < 4.78 is 38.9. The summed E-state index contributed by atoms with van der Waals surface area (Å²) in [5.74, 6) is -0.810. The molecule has 0 aliphatic heterocycles. The van der Waals surface area contributed by atoms with Gasteiger partial charge in [-0.25, -0.2) is 0 Å². The second-order valence-corrected chi connectivity index (χ2v) is 5.58. The first-order valence-corrected chi connectivity index (χ1v) is 7.49. The van der Waals surface area contributed by atoms with E-state index < -0.39 is 35.4 Å². The topological polar surface area (TPSA) is 49.3 Å². The minimum absolute atomic E-state index is 0.198. The number of aliphatic hydroxyl groups is 1. The second-order valence-electron chi connectivity index (χ2n) is 5.58. The van der Waals surface area contributed by atoms with Gasteiger partial charge in [0.2, 0.25) is 0 Å². The number of amides is 1. The van der Waals surface area contributed by atoms with E-state index in [2.05, 4.69) is 5.32 Å². The van der Waals surface area contributed by atoms with Gasteiger partial charge in [0, 0.05) is 6.04 Å². The van der Waals surface area contributed by atoms with E-state index in [4.69, 9.17) is 0 Å². The van der Waals surface area contributed by atoms with Gasteiger partial charge in [0.25, 0.3) is 5.91 Å². The monoisotopic (exact) mass is 337 g/mol. The molecule has 2 aromatic carbocycles. The van der Waals surface area contributed by atoms with Gasteiger partial charge in [-0.3, -0.25) is 4.79 Å². The second kappa shape index (κ2) is 7.49. The number of alkyl halides is 3. The van der Waals surface area contributed by atoms with Crippen molar-refractivity contribution in [3.05, 3.63) is 71.3 Å². The highest BCUT2D eigenvalue weighted by Crippen LogP contribution is 2.31. The van der Waals surface area contributed by atoms with Crippen LogP contribution in [0.3, 0.4) is 0 Å². The van der Waals surface area contributed by atoms with Gasteiger partial charge in [0.05, 0.1) is 17.2 Å². The number of carbonyl (C=O) groups is 1. The zero-order valence-electron chi connectivity index (χ0n) is 13.0. The van der Waals surface area contributed by atoms with Crippen LogP contribution in [0, 0.1) is 0 Å². The smallest absolute Gasteiger partial charge is 0.388 e. The van der Waals surface area contributed by atoms with E-state index in [-0.39, 0.29) is 6.42 Å².